The molecule has 0 radical (unpaired) electrons. The Balaban J connectivity index is 0.000000330. The Kier molecular flexibility index (Phi) is 7.73. The Labute approximate surface area is 169 Å². The number of hydrogen-bond acceptors (Lipinski definition) is 6. The predicted molar refractivity (Wildman–Crippen MR) is 111 cm³/mol. The summed E-state index contributed by atoms with van der Waals surface area (Å²) < 4.78 is 0. The summed E-state index contributed by atoms with van der Waals surface area (Å²) in [5, 5.41) is 11.8. The number of piperidine rings is 3. The third-order valence-electron chi connectivity index (χ3n) is 5.13. The van der Waals surface area contributed by atoms with E-state index < -0.39 is 0 Å². The summed E-state index contributed by atoms with van der Waals surface area (Å²) in [4.78, 5) is 23.7. The van der Waals surface area contributed by atoms with E-state index in [-0.39, 0.29) is 12.5 Å². The number of carbonyl (C=O) groups excluding carboxylic acids is 1. The molecule has 2 aromatic rings. The highest BCUT2D eigenvalue weighted by Gasteiger charge is 2.35. The number of thiazole rings is 1. The Morgan fingerprint density at radius 2 is 2.11 bits per heavy atom. The maximum absolute atomic E-state index is 12.5. The number of aromatic nitrogens is 1. The molecule has 1 amide bonds. The first-order valence-electron chi connectivity index (χ1n) is 9.63. The van der Waals surface area contributed by atoms with Gasteiger partial charge in [-0.1, -0.05) is 42.5 Å². The van der Waals surface area contributed by atoms with Gasteiger partial charge in [-0.3, -0.25) is 10.1 Å². The topological polar surface area (TPSA) is 74.7 Å². The van der Waals surface area contributed by atoms with Gasteiger partial charge in [0, 0.05) is 18.2 Å². The van der Waals surface area contributed by atoms with Crippen LogP contribution >= 0.6 is 11.3 Å². The predicted octanol–water partition coefficient (Wildman–Crippen LogP) is 3.69. The molecule has 0 saturated carbocycles. The van der Waals surface area contributed by atoms with E-state index in [9.17, 15) is 4.79 Å². The van der Waals surface area contributed by atoms with Gasteiger partial charge >= 0.3 is 0 Å². The van der Waals surface area contributed by atoms with Crippen LogP contribution < -0.4 is 5.32 Å². The quantitative estimate of drug-likeness (QED) is 0.454. The van der Waals surface area contributed by atoms with E-state index >= 15 is 0 Å². The molecule has 1 atom stereocenters. The molecule has 3 aliphatic rings. The SMILES string of the molecule is C/C=C/COO.O=C(N[C@H]1CN2CCC1CC2)c1cnc(-c2ccccc2)s1. The summed E-state index contributed by atoms with van der Waals surface area (Å²) >= 11 is 1.47. The fraction of sp³-hybridized carbons (Fsp3) is 0.429. The minimum Gasteiger partial charge on any atom is -0.347 e. The molecule has 7 heteroatoms. The van der Waals surface area contributed by atoms with E-state index in [1.165, 1.54) is 37.3 Å². The van der Waals surface area contributed by atoms with Crippen LogP contribution in [0, 0.1) is 5.92 Å². The van der Waals surface area contributed by atoms with Crippen LogP contribution in [0.3, 0.4) is 0 Å². The van der Waals surface area contributed by atoms with Crippen molar-refractivity contribution < 1.29 is 14.9 Å². The van der Waals surface area contributed by atoms with Crippen molar-refractivity contribution in [3.05, 3.63) is 53.6 Å². The molecule has 5 rings (SSSR count). The van der Waals surface area contributed by atoms with Crippen LogP contribution in [0.25, 0.3) is 10.6 Å². The van der Waals surface area contributed by atoms with Crippen molar-refractivity contribution in [2.24, 2.45) is 5.92 Å². The van der Waals surface area contributed by atoms with Crippen molar-refractivity contribution >= 4 is 17.2 Å². The van der Waals surface area contributed by atoms with Crippen LogP contribution in [0.5, 0.6) is 0 Å². The van der Waals surface area contributed by atoms with Crippen molar-refractivity contribution in [3.63, 3.8) is 0 Å². The van der Waals surface area contributed by atoms with Crippen molar-refractivity contribution in [2.45, 2.75) is 25.8 Å². The minimum atomic E-state index is 0.0263. The first-order chi connectivity index (χ1) is 13.7. The summed E-state index contributed by atoms with van der Waals surface area (Å²) in [7, 11) is 0. The van der Waals surface area contributed by atoms with Crippen molar-refractivity contribution in [3.8, 4) is 10.6 Å². The van der Waals surface area contributed by atoms with Crippen LogP contribution in [0.4, 0.5) is 0 Å². The molecule has 0 aliphatic carbocycles. The number of nitrogens with one attached hydrogen (secondary N) is 1. The third kappa shape index (κ3) is 5.48. The molecular formula is C21H27N3O3S. The summed E-state index contributed by atoms with van der Waals surface area (Å²) in [6.07, 6.45) is 7.63. The summed E-state index contributed by atoms with van der Waals surface area (Å²) in [6, 6.07) is 10.3. The molecule has 3 saturated heterocycles. The van der Waals surface area contributed by atoms with Crippen LogP contribution in [0.2, 0.25) is 0 Å². The molecule has 3 fully saturated rings. The van der Waals surface area contributed by atoms with Gasteiger partial charge in [0.05, 0.1) is 6.20 Å². The molecule has 6 nitrogen and oxygen atoms in total. The van der Waals surface area contributed by atoms with Gasteiger partial charge in [0.1, 0.15) is 16.5 Å². The Morgan fingerprint density at radius 3 is 2.68 bits per heavy atom. The number of hydrogen-bond donors (Lipinski definition) is 2. The lowest BCUT2D eigenvalue weighted by Gasteiger charge is -2.44. The second-order valence-corrected chi connectivity index (χ2v) is 8.01. The number of rotatable bonds is 5. The molecule has 1 aromatic carbocycles. The van der Waals surface area contributed by atoms with Gasteiger partial charge in [0.2, 0.25) is 0 Å². The third-order valence-corrected chi connectivity index (χ3v) is 6.17. The second kappa shape index (κ2) is 10.5. The van der Waals surface area contributed by atoms with Gasteiger partial charge in [0.15, 0.2) is 0 Å². The summed E-state index contributed by atoms with van der Waals surface area (Å²) in [5.74, 6) is 0.675. The molecule has 0 unspecified atom stereocenters. The fourth-order valence-corrected chi connectivity index (χ4v) is 4.43. The van der Waals surface area contributed by atoms with E-state index in [0.717, 1.165) is 17.1 Å². The average Bonchev–Trinajstić information content (AvgIpc) is 3.25. The molecule has 2 bridgehead atoms. The number of nitrogens with zero attached hydrogens (tertiary/aromatic N) is 2. The Hall–Kier alpha value is -2.06. The molecular weight excluding hydrogens is 374 g/mol. The first-order valence-corrected chi connectivity index (χ1v) is 10.4. The van der Waals surface area contributed by atoms with Gasteiger partial charge in [-0.25, -0.2) is 9.87 Å². The van der Waals surface area contributed by atoms with Crippen LogP contribution in [0.1, 0.15) is 29.4 Å². The van der Waals surface area contributed by atoms with Crippen LogP contribution in [-0.2, 0) is 4.89 Å². The minimum absolute atomic E-state index is 0.0263. The highest BCUT2D eigenvalue weighted by Crippen LogP contribution is 2.29. The molecule has 28 heavy (non-hydrogen) atoms. The summed E-state index contributed by atoms with van der Waals surface area (Å²) in [6.45, 7) is 5.53. The Morgan fingerprint density at radius 1 is 1.36 bits per heavy atom. The molecule has 0 spiro atoms. The number of fused-ring (bicyclic) bond motifs is 3. The largest absolute Gasteiger partial charge is 0.347 e. The van der Waals surface area contributed by atoms with Crippen LogP contribution in [-0.4, -0.2) is 53.3 Å². The van der Waals surface area contributed by atoms with Crippen LogP contribution in [0.15, 0.2) is 48.7 Å². The van der Waals surface area contributed by atoms with Crippen molar-refractivity contribution in [1.82, 2.24) is 15.2 Å². The molecule has 2 N–H and O–H groups in total. The number of amides is 1. The van der Waals surface area contributed by atoms with Crippen molar-refractivity contribution in [2.75, 3.05) is 26.2 Å². The van der Waals surface area contributed by atoms with Gasteiger partial charge in [-0.05, 0) is 38.8 Å². The van der Waals surface area contributed by atoms with Gasteiger partial charge in [-0.15, -0.1) is 11.3 Å². The lowest BCUT2D eigenvalue weighted by Crippen LogP contribution is -2.57. The van der Waals surface area contributed by atoms with Gasteiger partial charge in [-0.2, -0.15) is 0 Å². The molecule has 150 valence electrons. The van der Waals surface area contributed by atoms with E-state index in [0.29, 0.717) is 16.8 Å². The lowest BCUT2D eigenvalue weighted by atomic mass is 9.84. The zero-order chi connectivity index (χ0) is 19.8. The maximum Gasteiger partial charge on any atom is 0.263 e. The van der Waals surface area contributed by atoms with E-state index in [4.69, 9.17) is 5.26 Å². The highest BCUT2D eigenvalue weighted by atomic mass is 32.1. The molecule has 1 aromatic heterocycles. The summed E-state index contributed by atoms with van der Waals surface area (Å²) in [5.41, 5.74) is 1.06. The highest BCUT2D eigenvalue weighted by molar-refractivity contribution is 7.16. The number of allylic oxidation sites excluding steroid dienone is 1. The first kappa shape index (κ1) is 20.7. The normalized spacial score (nSPS) is 23.3. The smallest absolute Gasteiger partial charge is 0.263 e. The van der Waals surface area contributed by atoms with E-state index in [1.54, 1.807) is 18.3 Å². The molecule has 3 aliphatic heterocycles. The van der Waals surface area contributed by atoms with E-state index in [1.807, 2.05) is 37.3 Å². The number of benzene rings is 1. The maximum atomic E-state index is 12.5. The lowest BCUT2D eigenvalue weighted by molar-refractivity contribution is -0.231. The zero-order valence-corrected chi connectivity index (χ0v) is 16.9. The second-order valence-electron chi connectivity index (χ2n) is 6.98. The van der Waals surface area contributed by atoms with Gasteiger partial charge < -0.3 is 10.2 Å². The average molecular weight is 402 g/mol. The molecule has 4 heterocycles. The standard InChI is InChI=1S/C17H19N3OS.C4H8O2/c21-16(19-14-11-20-8-6-12(14)7-9-20)15-10-18-17(22-15)13-4-2-1-3-5-13;1-2-3-4-6-5/h1-5,10,12,14H,6-9,11H2,(H,19,21);2-3,5H,4H2,1H3/b;3-2+/t14-;/m0./s1. The Bertz CT molecular complexity index is 770. The fourth-order valence-electron chi connectivity index (χ4n) is 3.60. The van der Waals surface area contributed by atoms with Crippen molar-refractivity contribution in [1.29, 1.82) is 0 Å². The number of carbonyl (C=O) groups is 1. The zero-order valence-electron chi connectivity index (χ0n) is 16.1. The van der Waals surface area contributed by atoms with Gasteiger partial charge in [0.25, 0.3) is 5.91 Å². The monoisotopic (exact) mass is 401 g/mol. The van der Waals surface area contributed by atoms with E-state index in [2.05, 4.69) is 20.1 Å².